The van der Waals surface area contributed by atoms with Crippen molar-refractivity contribution in [1.29, 1.82) is 0 Å². The first kappa shape index (κ1) is 15.5. The lowest BCUT2D eigenvalue weighted by Gasteiger charge is -2.27. The minimum Gasteiger partial charge on any atom is -0.376 e. The number of amides is 1. The van der Waals surface area contributed by atoms with Crippen LogP contribution < -0.4 is 5.32 Å². The van der Waals surface area contributed by atoms with Crippen molar-refractivity contribution < 1.29 is 9.53 Å². The highest BCUT2D eigenvalue weighted by molar-refractivity contribution is 5.77. The van der Waals surface area contributed by atoms with Crippen LogP contribution in [0.15, 0.2) is 30.3 Å². The highest BCUT2D eigenvalue weighted by Gasteiger charge is 2.25. The second kappa shape index (κ2) is 7.75. The monoisotopic (exact) mass is 302 g/mol. The largest absolute Gasteiger partial charge is 0.376 e. The summed E-state index contributed by atoms with van der Waals surface area (Å²) in [6.45, 7) is 3.29. The summed E-state index contributed by atoms with van der Waals surface area (Å²) in [7, 11) is 0. The van der Waals surface area contributed by atoms with E-state index < -0.39 is 0 Å². The minimum atomic E-state index is 0.212. The molecule has 4 nitrogen and oxygen atoms in total. The molecule has 2 atom stereocenters. The van der Waals surface area contributed by atoms with E-state index in [0.29, 0.717) is 19.0 Å². The van der Waals surface area contributed by atoms with Crippen LogP contribution >= 0.6 is 0 Å². The van der Waals surface area contributed by atoms with Gasteiger partial charge in [-0.15, -0.1) is 0 Å². The lowest BCUT2D eigenvalue weighted by molar-refractivity contribution is -0.133. The lowest BCUT2D eigenvalue weighted by atomic mass is 10.1. The predicted molar refractivity (Wildman–Crippen MR) is 86.5 cm³/mol. The van der Waals surface area contributed by atoms with Crippen LogP contribution in [0.1, 0.15) is 37.7 Å². The number of nitrogens with one attached hydrogen (secondary N) is 1. The summed E-state index contributed by atoms with van der Waals surface area (Å²) in [6.07, 6.45) is 5.30. The minimum absolute atomic E-state index is 0.212. The molecule has 0 aromatic heterocycles. The summed E-state index contributed by atoms with van der Waals surface area (Å²) in [6, 6.07) is 10.6. The van der Waals surface area contributed by atoms with Crippen molar-refractivity contribution >= 4 is 5.91 Å². The van der Waals surface area contributed by atoms with E-state index in [1.165, 1.54) is 12.0 Å². The molecule has 1 N–H and O–H groups in total. The van der Waals surface area contributed by atoms with Crippen molar-refractivity contribution in [1.82, 2.24) is 10.2 Å². The van der Waals surface area contributed by atoms with Gasteiger partial charge in [0.1, 0.15) is 0 Å². The van der Waals surface area contributed by atoms with Crippen molar-refractivity contribution in [2.75, 3.05) is 19.7 Å². The van der Waals surface area contributed by atoms with Crippen LogP contribution in [-0.4, -0.2) is 42.6 Å². The zero-order valence-electron chi connectivity index (χ0n) is 13.2. The second-order valence-electron chi connectivity index (χ2n) is 6.39. The van der Waals surface area contributed by atoms with E-state index in [0.717, 1.165) is 39.0 Å². The Morgan fingerprint density at radius 1 is 1.23 bits per heavy atom. The molecule has 0 bridgehead atoms. The van der Waals surface area contributed by atoms with Crippen molar-refractivity contribution in [3.05, 3.63) is 35.9 Å². The van der Waals surface area contributed by atoms with Crippen LogP contribution in [0.4, 0.5) is 0 Å². The average molecular weight is 302 g/mol. The Bertz CT molecular complexity index is 465. The molecule has 22 heavy (non-hydrogen) atoms. The molecule has 2 heterocycles. The van der Waals surface area contributed by atoms with Gasteiger partial charge in [0.15, 0.2) is 0 Å². The highest BCUT2D eigenvalue weighted by atomic mass is 16.5. The third-order valence-corrected chi connectivity index (χ3v) is 4.60. The van der Waals surface area contributed by atoms with Crippen LogP contribution in [0.25, 0.3) is 0 Å². The number of carbonyl (C=O) groups is 1. The van der Waals surface area contributed by atoms with Crippen molar-refractivity contribution in [3.63, 3.8) is 0 Å². The number of nitrogens with zero attached hydrogens (tertiary/aromatic N) is 1. The van der Waals surface area contributed by atoms with Gasteiger partial charge in [-0.2, -0.15) is 0 Å². The number of benzene rings is 1. The summed E-state index contributed by atoms with van der Waals surface area (Å²) in [4.78, 5) is 14.7. The van der Waals surface area contributed by atoms with E-state index in [4.69, 9.17) is 4.74 Å². The molecule has 1 aromatic rings. The van der Waals surface area contributed by atoms with Gasteiger partial charge in [0.05, 0.1) is 6.10 Å². The third kappa shape index (κ3) is 4.31. The molecule has 3 rings (SSSR count). The third-order valence-electron chi connectivity index (χ3n) is 4.60. The maximum Gasteiger partial charge on any atom is 0.224 e. The van der Waals surface area contributed by atoms with Gasteiger partial charge in [0.25, 0.3) is 0 Å². The molecule has 1 aromatic carbocycles. The average Bonchev–Trinajstić information content (AvgIpc) is 3.21. The molecule has 2 aliphatic rings. The van der Waals surface area contributed by atoms with Crippen molar-refractivity contribution in [2.24, 2.45) is 0 Å². The Labute approximate surface area is 132 Å². The number of hydrogen-bond acceptors (Lipinski definition) is 3. The van der Waals surface area contributed by atoms with Crippen LogP contribution in [0, 0.1) is 0 Å². The summed E-state index contributed by atoms with van der Waals surface area (Å²) < 4.78 is 5.73. The number of ether oxygens (including phenoxy) is 1. The fourth-order valence-corrected chi connectivity index (χ4v) is 3.36. The van der Waals surface area contributed by atoms with Crippen LogP contribution in [-0.2, 0) is 16.1 Å². The molecular formula is C18H26N2O2. The van der Waals surface area contributed by atoms with E-state index >= 15 is 0 Å². The van der Waals surface area contributed by atoms with Gasteiger partial charge in [-0.25, -0.2) is 0 Å². The fraction of sp³-hybridized carbons (Fsp3) is 0.611. The predicted octanol–water partition coefficient (Wildman–Crippen LogP) is 2.34. The Morgan fingerprint density at radius 2 is 2.09 bits per heavy atom. The van der Waals surface area contributed by atoms with Crippen LogP contribution in [0.5, 0.6) is 0 Å². The van der Waals surface area contributed by atoms with Crippen molar-refractivity contribution in [2.45, 2.75) is 50.8 Å². The fourth-order valence-electron chi connectivity index (χ4n) is 3.36. The molecule has 2 fully saturated rings. The Morgan fingerprint density at radius 3 is 2.77 bits per heavy atom. The number of rotatable bonds is 6. The number of carbonyl (C=O) groups excluding carboxylic acids is 1. The SMILES string of the molecule is O=C(CC1CCCN1)N(Cc1ccccc1)CC1CCCO1. The van der Waals surface area contributed by atoms with E-state index in [2.05, 4.69) is 17.4 Å². The summed E-state index contributed by atoms with van der Waals surface area (Å²) >= 11 is 0. The van der Waals surface area contributed by atoms with Gasteiger partial charge in [-0.3, -0.25) is 4.79 Å². The number of hydrogen-bond donors (Lipinski definition) is 1. The summed E-state index contributed by atoms with van der Waals surface area (Å²) in [5, 5.41) is 3.42. The maximum absolute atomic E-state index is 12.7. The van der Waals surface area contributed by atoms with Gasteiger partial charge >= 0.3 is 0 Å². The topological polar surface area (TPSA) is 41.6 Å². The molecule has 2 unspecified atom stereocenters. The molecule has 0 radical (unpaired) electrons. The van der Waals surface area contributed by atoms with Crippen LogP contribution in [0.2, 0.25) is 0 Å². The quantitative estimate of drug-likeness (QED) is 0.877. The second-order valence-corrected chi connectivity index (χ2v) is 6.39. The van der Waals surface area contributed by atoms with Gasteiger partial charge in [-0.1, -0.05) is 30.3 Å². The Hall–Kier alpha value is -1.39. The molecule has 0 saturated carbocycles. The first-order chi connectivity index (χ1) is 10.8. The van der Waals surface area contributed by atoms with E-state index in [9.17, 15) is 4.79 Å². The molecule has 1 amide bonds. The highest BCUT2D eigenvalue weighted by Crippen LogP contribution is 2.17. The lowest BCUT2D eigenvalue weighted by Crippen LogP contribution is -2.39. The summed E-state index contributed by atoms with van der Waals surface area (Å²) in [5.41, 5.74) is 1.19. The van der Waals surface area contributed by atoms with Crippen LogP contribution in [0.3, 0.4) is 0 Å². The first-order valence-electron chi connectivity index (χ1n) is 8.48. The zero-order valence-corrected chi connectivity index (χ0v) is 13.2. The molecule has 0 spiro atoms. The van der Waals surface area contributed by atoms with Gasteiger partial charge < -0.3 is 15.0 Å². The van der Waals surface area contributed by atoms with Gasteiger partial charge in [-0.05, 0) is 37.8 Å². The Balaban J connectivity index is 1.62. The Kier molecular flexibility index (Phi) is 5.46. The molecule has 4 heteroatoms. The smallest absolute Gasteiger partial charge is 0.224 e. The standard InChI is InChI=1S/C18H26N2O2/c21-18(12-16-8-4-10-19-16)20(14-17-9-5-11-22-17)13-15-6-2-1-3-7-15/h1-3,6-7,16-17,19H,4-5,8-14H2. The van der Waals surface area contributed by atoms with Gasteiger partial charge in [0.2, 0.25) is 5.91 Å². The molecule has 2 saturated heterocycles. The first-order valence-corrected chi connectivity index (χ1v) is 8.48. The normalized spacial score (nSPS) is 24.5. The molecule has 120 valence electrons. The van der Waals surface area contributed by atoms with Gasteiger partial charge in [0, 0.05) is 32.2 Å². The van der Waals surface area contributed by atoms with E-state index in [-0.39, 0.29) is 12.0 Å². The van der Waals surface area contributed by atoms with Crippen molar-refractivity contribution in [3.8, 4) is 0 Å². The molecular weight excluding hydrogens is 276 g/mol. The summed E-state index contributed by atoms with van der Waals surface area (Å²) in [5.74, 6) is 0.249. The van der Waals surface area contributed by atoms with E-state index in [1.54, 1.807) is 0 Å². The maximum atomic E-state index is 12.7. The molecule has 2 aliphatic heterocycles. The zero-order chi connectivity index (χ0) is 15.2. The van der Waals surface area contributed by atoms with E-state index in [1.807, 2.05) is 23.1 Å². The molecule has 0 aliphatic carbocycles.